The number of ether oxygens (including phenoxy) is 1. The Hall–Kier alpha value is -2.15. The predicted molar refractivity (Wildman–Crippen MR) is 105 cm³/mol. The lowest BCUT2D eigenvalue weighted by Crippen LogP contribution is -2.67. The molecule has 1 aromatic heterocycles. The maximum atomic E-state index is 12.8. The summed E-state index contributed by atoms with van der Waals surface area (Å²) in [4.78, 5) is 34.2. The fourth-order valence-electron chi connectivity index (χ4n) is 5.35. The molecule has 0 unspecified atom stereocenters. The summed E-state index contributed by atoms with van der Waals surface area (Å²) < 4.78 is 5.11. The molecule has 3 aliphatic rings. The second kappa shape index (κ2) is 8.07. The van der Waals surface area contributed by atoms with Crippen LogP contribution in [0.2, 0.25) is 0 Å². The molecule has 2 bridgehead atoms. The molecule has 3 fully saturated rings. The van der Waals surface area contributed by atoms with Crippen molar-refractivity contribution < 1.29 is 14.3 Å². The first-order valence-corrected chi connectivity index (χ1v) is 10.4. The van der Waals surface area contributed by atoms with Gasteiger partial charge in [-0.3, -0.25) is 9.59 Å². The minimum atomic E-state index is -0.146. The number of methoxy groups -OCH3 is 1. The van der Waals surface area contributed by atoms with Crippen LogP contribution in [0.3, 0.4) is 0 Å². The molecule has 0 aliphatic carbocycles. The Balaban J connectivity index is 1.50. The highest BCUT2D eigenvalue weighted by molar-refractivity contribution is 5.94. The van der Waals surface area contributed by atoms with Crippen LogP contribution >= 0.6 is 0 Å². The summed E-state index contributed by atoms with van der Waals surface area (Å²) in [5.74, 6) is 1.53. The monoisotopic (exact) mass is 386 g/mol. The van der Waals surface area contributed by atoms with Gasteiger partial charge in [-0.2, -0.15) is 0 Å². The van der Waals surface area contributed by atoms with Crippen molar-refractivity contribution in [3.05, 3.63) is 23.9 Å². The van der Waals surface area contributed by atoms with Gasteiger partial charge in [0.25, 0.3) is 5.91 Å². The number of nitrogens with one attached hydrogen (secondary N) is 1. The third-order valence-electron chi connectivity index (χ3n) is 6.70. The van der Waals surface area contributed by atoms with Crippen LogP contribution in [0.4, 0.5) is 0 Å². The number of nitrogens with zero attached hydrogens (tertiary/aromatic N) is 3. The number of amides is 2. The maximum absolute atomic E-state index is 12.8. The molecule has 4 rings (SSSR count). The predicted octanol–water partition coefficient (Wildman–Crippen LogP) is 1.54. The number of rotatable bonds is 5. The second-order valence-corrected chi connectivity index (χ2v) is 8.23. The molecule has 2 amide bonds. The average Bonchev–Trinajstić information content (AvgIpc) is 2.73. The van der Waals surface area contributed by atoms with Gasteiger partial charge in [0.05, 0.1) is 13.2 Å². The number of likely N-dealkylation sites (tertiary alicyclic amines) is 1. The summed E-state index contributed by atoms with van der Waals surface area (Å²) in [5.41, 5.74) is 0.529. The van der Waals surface area contributed by atoms with Crippen molar-refractivity contribution in [1.29, 1.82) is 0 Å². The third-order valence-corrected chi connectivity index (χ3v) is 6.70. The van der Waals surface area contributed by atoms with E-state index in [0.717, 1.165) is 38.9 Å². The molecule has 1 aromatic rings. The molecule has 28 heavy (non-hydrogen) atoms. The zero-order valence-electron chi connectivity index (χ0n) is 16.8. The van der Waals surface area contributed by atoms with Crippen LogP contribution in [0.5, 0.6) is 5.88 Å². The van der Waals surface area contributed by atoms with Crippen LogP contribution in [-0.2, 0) is 4.79 Å². The molecule has 4 atom stereocenters. The van der Waals surface area contributed by atoms with Gasteiger partial charge in [-0.15, -0.1) is 0 Å². The van der Waals surface area contributed by atoms with E-state index in [1.165, 1.54) is 7.11 Å². The highest BCUT2D eigenvalue weighted by Gasteiger charge is 2.49. The van der Waals surface area contributed by atoms with Gasteiger partial charge in [0.15, 0.2) is 0 Å². The summed E-state index contributed by atoms with van der Waals surface area (Å²) in [5, 5.41) is 3.07. The highest BCUT2D eigenvalue weighted by atomic mass is 16.5. The highest BCUT2D eigenvalue weighted by Crippen LogP contribution is 2.41. The first-order valence-electron chi connectivity index (χ1n) is 10.4. The molecule has 152 valence electrons. The summed E-state index contributed by atoms with van der Waals surface area (Å²) in [6, 6.07) is 3.73. The first-order chi connectivity index (χ1) is 13.6. The van der Waals surface area contributed by atoms with Crippen LogP contribution in [0.1, 0.15) is 43.0 Å². The van der Waals surface area contributed by atoms with E-state index in [2.05, 4.69) is 27.0 Å². The van der Waals surface area contributed by atoms with E-state index >= 15 is 0 Å². The minimum absolute atomic E-state index is 0.0797. The molecular weight excluding hydrogens is 356 g/mol. The van der Waals surface area contributed by atoms with Gasteiger partial charge in [-0.25, -0.2) is 4.98 Å². The summed E-state index contributed by atoms with van der Waals surface area (Å²) in [7, 11) is 1.53. The van der Waals surface area contributed by atoms with Gasteiger partial charge >= 0.3 is 0 Å². The van der Waals surface area contributed by atoms with Gasteiger partial charge in [0.1, 0.15) is 0 Å². The molecule has 4 heterocycles. The molecule has 0 radical (unpaired) electrons. The van der Waals surface area contributed by atoms with Gasteiger partial charge in [-0.05, 0) is 43.7 Å². The quantitative estimate of drug-likeness (QED) is 0.831. The summed E-state index contributed by atoms with van der Waals surface area (Å²) in [6.07, 6.45) is 5.45. The Morgan fingerprint density at radius 1 is 1.36 bits per heavy atom. The Labute approximate surface area is 166 Å². The molecule has 0 saturated carbocycles. The van der Waals surface area contributed by atoms with Gasteiger partial charge in [0, 0.05) is 49.9 Å². The number of pyridine rings is 1. The summed E-state index contributed by atoms with van der Waals surface area (Å²) in [6.45, 7) is 5.85. The smallest absolute Gasteiger partial charge is 0.251 e. The normalized spacial score (nSPS) is 29.9. The number of hydrogen-bond acceptors (Lipinski definition) is 5. The van der Waals surface area contributed by atoms with Crippen molar-refractivity contribution in [2.24, 2.45) is 11.8 Å². The molecule has 7 heteroatoms. The number of carbonyl (C=O) groups is 2. The Morgan fingerprint density at radius 2 is 2.18 bits per heavy atom. The topological polar surface area (TPSA) is 74.8 Å². The Bertz CT molecular complexity index is 740. The largest absolute Gasteiger partial charge is 0.481 e. The molecule has 3 aliphatic heterocycles. The van der Waals surface area contributed by atoms with E-state index in [4.69, 9.17) is 4.74 Å². The van der Waals surface area contributed by atoms with Crippen molar-refractivity contribution in [2.75, 3.05) is 33.3 Å². The molecular formula is C21H30N4O3. The number of hydrogen-bond donors (Lipinski definition) is 1. The molecule has 3 saturated heterocycles. The Morgan fingerprint density at radius 3 is 2.96 bits per heavy atom. The number of carbonyl (C=O) groups excluding carboxylic acids is 2. The molecule has 7 nitrogen and oxygen atoms in total. The van der Waals surface area contributed by atoms with Crippen molar-refractivity contribution in [1.82, 2.24) is 20.1 Å². The lowest BCUT2D eigenvalue weighted by molar-refractivity contribution is -0.152. The van der Waals surface area contributed by atoms with E-state index in [9.17, 15) is 9.59 Å². The first kappa shape index (κ1) is 19.2. The van der Waals surface area contributed by atoms with E-state index in [0.29, 0.717) is 42.3 Å². The lowest BCUT2D eigenvalue weighted by Gasteiger charge is -2.56. The molecule has 0 aromatic carbocycles. The van der Waals surface area contributed by atoms with Crippen LogP contribution in [-0.4, -0.2) is 72.0 Å². The van der Waals surface area contributed by atoms with Crippen molar-refractivity contribution in [3.8, 4) is 5.88 Å². The summed E-state index contributed by atoms with van der Waals surface area (Å²) >= 11 is 0. The fraction of sp³-hybridized carbons (Fsp3) is 0.667. The van der Waals surface area contributed by atoms with Gasteiger partial charge in [-0.1, -0.05) is 6.92 Å². The number of piperidine rings is 3. The van der Waals surface area contributed by atoms with Crippen LogP contribution in [0.15, 0.2) is 18.3 Å². The van der Waals surface area contributed by atoms with Gasteiger partial charge in [0.2, 0.25) is 11.8 Å². The Kier molecular flexibility index (Phi) is 5.53. The SMILES string of the molecule is CCN1C[C@H]2C[C@@H](C1)[C@H](CNC(=O)c1ccnc(OC)c1)N1C(=O)CCC[C@@H]21. The van der Waals surface area contributed by atoms with Crippen LogP contribution in [0.25, 0.3) is 0 Å². The van der Waals surface area contributed by atoms with Crippen LogP contribution < -0.4 is 10.1 Å². The minimum Gasteiger partial charge on any atom is -0.481 e. The van der Waals surface area contributed by atoms with E-state index < -0.39 is 0 Å². The van der Waals surface area contributed by atoms with Crippen molar-refractivity contribution in [3.63, 3.8) is 0 Å². The van der Waals surface area contributed by atoms with Crippen LogP contribution in [0, 0.1) is 11.8 Å². The lowest BCUT2D eigenvalue weighted by atomic mass is 9.72. The average molecular weight is 386 g/mol. The second-order valence-electron chi connectivity index (χ2n) is 8.23. The fourth-order valence-corrected chi connectivity index (χ4v) is 5.35. The zero-order valence-corrected chi connectivity index (χ0v) is 16.8. The van der Waals surface area contributed by atoms with E-state index in [-0.39, 0.29) is 17.9 Å². The van der Waals surface area contributed by atoms with E-state index in [1.54, 1.807) is 18.3 Å². The third kappa shape index (κ3) is 3.60. The zero-order chi connectivity index (χ0) is 19.7. The van der Waals surface area contributed by atoms with E-state index in [1.807, 2.05) is 0 Å². The van der Waals surface area contributed by atoms with Crippen molar-refractivity contribution >= 4 is 11.8 Å². The standard InChI is InChI=1S/C21H30N4O3/c1-3-24-12-15-9-16(13-24)18(25-17(15)5-4-6-20(25)26)11-23-21(27)14-7-8-22-19(10-14)28-2/h7-8,10,15-18H,3-6,9,11-13H2,1-2H3,(H,23,27)/t15-,16+,17+,18+/m1/s1. The molecule has 1 N–H and O–H groups in total. The number of fused-ring (bicyclic) bond motifs is 4. The van der Waals surface area contributed by atoms with Crippen molar-refractivity contribution in [2.45, 2.75) is 44.7 Å². The molecule has 0 spiro atoms. The number of aromatic nitrogens is 1. The maximum Gasteiger partial charge on any atom is 0.251 e. The van der Waals surface area contributed by atoms with Gasteiger partial charge < -0.3 is 19.9 Å².